The van der Waals surface area contributed by atoms with Crippen LogP contribution in [0.5, 0.6) is 5.75 Å². The van der Waals surface area contributed by atoms with Crippen molar-refractivity contribution in [3.63, 3.8) is 0 Å². The zero-order valence-corrected chi connectivity index (χ0v) is 20.6. The van der Waals surface area contributed by atoms with Gasteiger partial charge in [0.2, 0.25) is 0 Å². The molecule has 1 unspecified atom stereocenters. The van der Waals surface area contributed by atoms with Gasteiger partial charge in [0.15, 0.2) is 5.03 Å². The van der Waals surface area contributed by atoms with E-state index in [9.17, 15) is 18.3 Å². The molecule has 9 heteroatoms. The maximum absolute atomic E-state index is 13.1. The standard InChI is InChI=1S/C27H27N3O5S/c28-16-17-12-13-29-23(14-17)36(33,34)30-20-7-5-6-19(15-20)24(18-10-11-18)25-26(31)21-8-3-1-2-4-9-22(21)35-27(25)32/h5-7,12-15,18,24,30-31H,1-4,8-11H2. The van der Waals surface area contributed by atoms with Crippen LogP contribution in [0.15, 0.2) is 56.8 Å². The van der Waals surface area contributed by atoms with Gasteiger partial charge in [-0.3, -0.25) is 4.72 Å². The number of pyridine rings is 1. The minimum Gasteiger partial charge on any atom is -0.507 e. The van der Waals surface area contributed by atoms with E-state index < -0.39 is 21.6 Å². The van der Waals surface area contributed by atoms with E-state index in [0.717, 1.165) is 49.7 Å². The van der Waals surface area contributed by atoms with Gasteiger partial charge in [-0.1, -0.05) is 25.0 Å². The molecule has 0 saturated heterocycles. The van der Waals surface area contributed by atoms with Crippen molar-refractivity contribution < 1.29 is 17.9 Å². The number of rotatable bonds is 6. The first-order valence-corrected chi connectivity index (χ1v) is 13.7. The quantitative estimate of drug-likeness (QED) is 0.499. The van der Waals surface area contributed by atoms with Gasteiger partial charge in [0.25, 0.3) is 10.0 Å². The molecule has 3 aromatic rings. The Kier molecular flexibility index (Phi) is 6.54. The number of hydrogen-bond donors (Lipinski definition) is 2. The van der Waals surface area contributed by atoms with Gasteiger partial charge in [-0.05, 0) is 67.9 Å². The van der Waals surface area contributed by atoms with E-state index in [1.807, 2.05) is 12.1 Å². The van der Waals surface area contributed by atoms with Crippen LogP contribution in [-0.2, 0) is 22.9 Å². The lowest BCUT2D eigenvalue weighted by Crippen LogP contribution is -2.19. The molecule has 0 bridgehead atoms. The summed E-state index contributed by atoms with van der Waals surface area (Å²) in [7, 11) is -4.04. The molecule has 8 nitrogen and oxygen atoms in total. The smallest absolute Gasteiger partial charge is 0.343 e. The van der Waals surface area contributed by atoms with Crippen LogP contribution in [0, 0.1) is 17.2 Å². The first-order valence-electron chi connectivity index (χ1n) is 12.2. The third-order valence-electron chi connectivity index (χ3n) is 6.94. The van der Waals surface area contributed by atoms with Crippen molar-refractivity contribution in [3.8, 4) is 11.8 Å². The Balaban J connectivity index is 1.52. The lowest BCUT2D eigenvalue weighted by molar-refractivity contribution is 0.382. The number of nitrogens with one attached hydrogen (secondary N) is 1. The highest BCUT2D eigenvalue weighted by atomic mass is 32.2. The predicted molar refractivity (Wildman–Crippen MR) is 133 cm³/mol. The minimum atomic E-state index is -4.04. The number of benzene rings is 1. The number of hydrogen-bond acceptors (Lipinski definition) is 7. The van der Waals surface area contributed by atoms with Crippen molar-refractivity contribution in [2.45, 2.75) is 62.3 Å². The van der Waals surface area contributed by atoms with Gasteiger partial charge in [-0.15, -0.1) is 0 Å². The average Bonchev–Trinajstić information content (AvgIpc) is 3.68. The molecule has 2 aromatic heterocycles. The Morgan fingerprint density at radius 3 is 2.64 bits per heavy atom. The molecule has 1 aromatic carbocycles. The number of nitrogens with zero attached hydrogens (tertiary/aromatic N) is 2. The molecule has 0 amide bonds. The Bertz CT molecular complexity index is 1500. The van der Waals surface area contributed by atoms with Gasteiger partial charge in [-0.2, -0.15) is 13.7 Å². The number of anilines is 1. The number of aromatic hydroxyl groups is 1. The van der Waals surface area contributed by atoms with E-state index in [0.29, 0.717) is 24.3 Å². The highest BCUT2D eigenvalue weighted by molar-refractivity contribution is 7.92. The molecular formula is C27H27N3O5S. The monoisotopic (exact) mass is 505 g/mol. The summed E-state index contributed by atoms with van der Waals surface area (Å²) in [6, 6.07) is 11.4. The van der Waals surface area contributed by atoms with Gasteiger partial charge in [-0.25, -0.2) is 9.78 Å². The van der Waals surface area contributed by atoms with E-state index in [-0.39, 0.29) is 27.8 Å². The number of nitriles is 1. The lowest BCUT2D eigenvalue weighted by atomic mass is 9.85. The molecule has 0 aliphatic heterocycles. The molecule has 2 aliphatic rings. The van der Waals surface area contributed by atoms with Crippen molar-refractivity contribution in [1.82, 2.24) is 4.98 Å². The Labute approximate surface area is 209 Å². The summed E-state index contributed by atoms with van der Waals surface area (Å²) in [4.78, 5) is 17.0. The number of aromatic nitrogens is 1. The van der Waals surface area contributed by atoms with E-state index in [1.54, 1.807) is 18.2 Å². The fourth-order valence-corrected chi connectivity index (χ4v) is 6.05. The van der Waals surface area contributed by atoms with E-state index in [2.05, 4.69) is 9.71 Å². The second-order valence-corrected chi connectivity index (χ2v) is 11.1. The molecule has 1 saturated carbocycles. The number of aryl methyl sites for hydroxylation is 1. The Hall–Kier alpha value is -3.64. The molecule has 1 atom stereocenters. The largest absolute Gasteiger partial charge is 0.507 e. The van der Waals surface area contributed by atoms with Crippen LogP contribution in [0.4, 0.5) is 5.69 Å². The summed E-state index contributed by atoms with van der Waals surface area (Å²) in [5, 5.41) is 20.1. The summed E-state index contributed by atoms with van der Waals surface area (Å²) in [6.45, 7) is 0. The van der Waals surface area contributed by atoms with Gasteiger partial charge in [0.1, 0.15) is 11.5 Å². The van der Waals surface area contributed by atoms with Crippen LogP contribution in [0.25, 0.3) is 0 Å². The second kappa shape index (κ2) is 9.78. The van der Waals surface area contributed by atoms with Crippen LogP contribution in [0.1, 0.15) is 72.5 Å². The first-order chi connectivity index (χ1) is 17.4. The van der Waals surface area contributed by atoms with Crippen LogP contribution in [-0.4, -0.2) is 18.5 Å². The molecule has 2 heterocycles. The van der Waals surface area contributed by atoms with Crippen molar-refractivity contribution in [2.75, 3.05) is 4.72 Å². The summed E-state index contributed by atoms with van der Waals surface area (Å²) >= 11 is 0. The van der Waals surface area contributed by atoms with Gasteiger partial charge in [0.05, 0.1) is 17.2 Å². The minimum absolute atomic E-state index is 0.0311. The number of sulfonamides is 1. The highest BCUT2D eigenvalue weighted by Gasteiger charge is 2.38. The predicted octanol–water partition coefficient (Wildman–Crippen LogP) is 4.61. The van der Waals surface area contributed by atoms with Crippen molar-refractivity contribution in [2.24, 2.45) is 5.92 Å². The molecule has 2 aliphatic carbocycles. The average molecular weight is 506 g/mol. The summed E-state index contributed by atoms with van der Waals surface area (Å²) in [5.41, 5.74) is 1.69. The van der Waals surface area contributed by atoms with E-state index in [4.69, 9.17) is 9.68 Å². The maximum Gasteiger partial charge on any atom is 0.343 e. The Morgan fingerprint density at radius 1 is 1.11 bits per heavy atom. The van der Waals surface area contributed by atoms with E-state index in [1.165, 1.54) is 18.3 Å². The summed E-state index contributed by atoms with van der Waals surface area (Å²) in [5.74, 6) is 0.375. The normalized spacial score (nSPS) is 16.8. The first kappa shape index (κ1) is 24.1. The molecule has 0 radical (unpaired) electrons. The number of fused-ring (bicyclic) bond motifs is 1. The van der Waals surface area contributed by atoms with Crippen molar-refractivity contribution in [1.29, 1.82) is 5.26 Å². The topological polar surface area (TPSA) is 133 Å². The Morgan fingerprint density at radius 2 is 1.89 bits per heavy atom. The molecule has 2 N–H and O–H groups in total. The van der Waals surface area contributed by atoms with Gasteiger partial charge < -0.3 is 9.52 Å². The van der Waals surface area contributed by atoms with Gasteiger partial charge >= 0.3 is 5.63 Å². The van der Waals surface area contributed by atoms with Crippen LogP contribution in [0.3, 0.4) is 0 Å². The highest BCUT2D eigenvalue weighted by Crippen LogP contribution is 2.49. The molecular weight excluding hydrogens is 478 g/mol. The van der Waals surface area contributed by atoms with Crippen molar-refractivity contribution in [3.05, 3.63) is 81.0 Å². The molecule has 5 rings (SSSR count). The van der Waals surface area contributed by atoms with Crippen LogP contribution in [0.2, 0.25) is 0 Å². The maximum atomic E-state index is 13.1. The molecule has 186 valence electrons. The molecule has 36 heavy (non-hydrogen) atoms. The summed E-state index contributed by atoms with van der Waals surface area (Å²) < 4.78 is 34.1. The summed E-state index contributed by atoms with van der Waals surface area (Å²) in [6.07, 6.45) is 8.41. The molecule has 1 fully saturated rings. The van der Waals surface area contributed by atoms with Crippen molar-refractivity contribution >= 4 is 15.7 Å². The van der Waals surface area contributed by atoms with Gasteiger partial charge in [0, 0.05) is 29.8 Å². The van der Waals surface area contributed by atoms with Crippen LogP contribution < -0.4 is 10.3 Å². The SMILES string of the molecule is N#Cc1ccnc(S(=O)(=O)Nc2cccc(C(c3c(O)c4c(oc3=O)CCCCCC4)C3CC3)c2)c1. The second-order valence-electron chi connectivity index (χ2n) is 9.51. The fourth-order valence-electron chi connectivity index (χ4n) is 5.03. The lowest BCUT2D eigenvalue weighted by Gasteiger charge is -2.22. The zero-order valence-electron chi connectivity index (χ0n) is 19.7. The zero-order chi connectivity index (χ0) is 25.3. The third-order valence-corrected chi connectivity index (χ3v) is 8.21. The third kappa shape index (κ3) is 4.86. The molecule has 0 spiro atoms. The van der Waals surface area contributed by atoms with E-state index >= 15 is 0 Å². The fraction of sp³-hybridized carbons (Fsp3) is 0.370. The van der Waals surface area contributed by atoms with Crippen LogP contribution >= 0.6 is 0 Å².